The van der Waals surface area contributed by atoms with Crippen LogP contribution in [-0.4, -0.2) is 25.8 Å². The molecule has 0 saturated heterocycles. The molecule has 6 nitrogen and oxygen atoms in total. The van der Waals surface area contributed by atoms with Gasteiger partial charge in [-0.05, 0) is 26.8 Å². The maximum atomic E-state index is 11.3. The van der Waals surface area contributed by atoms with Crippen molar-refractivity contribution in [3.05, 3.63) is 34.9 Å². The average molecular weight is 260 g/mol. The van der Waals surface area contributed by atoms with E-state index in [-0.39, 0.29) is 5.56 Å². The molecule has 0 radical (unpaired) electrons. The van der Waals surface area contributed by atoms with Crippen LogP contribution in [0.1, 0.15) is 27.4 Å². The number of rotatable bonds is 3. The number of anilines is 2. The summed E-state index contributed by atoms with van der Waals surface area (Å²) in [5.74, 6) is -0.992. The van der Waals surface area contributed by atoms with Crippen LogP contribution in [0.15, 0.2) is 12.3 Å². The first kappa shape index (κ1) is 13.1. The summed E-state index contributed by atoms with van der Waals surface area (Å²) in [4.78, 5) is 15.5. The zero-order valence-electron chi connectivity index (χ0n) is 11.4. The van der Waals surface area contributed by atoms with Gasteiger partial charge in [0, 0.05) is 18.9 Å². The number of nitrogens with one attached hydrogen (secondary N) is 1. The fourth-order valence-electron chi connectivity index (χ4n) is 2.06. The minimum atomic E-state index is -0.992. The number of pyridine rings is 1. The number of hydrogen-bond acceptors (Lipinski definition) is 4. The second-order valence-corrected chi connectivity index (χ2v) is 4.50. The smallest absolute Gasteiger partial charge is 0.339 e. The summed E-state index contributed by atoms with van der Waals surface area (Å²) in [7, 11) is 1.82. The van der Waals surface area contributed by atoms with Crippen LogP contribution in [0.3, 0.4) is 0 Å². The summed E-state index contributed by atoms with van der Waals surface area (Å²) >= 11 is 0. The molecule has 0 aromatic carbocycles. The Morgan fingerprint density at radius 2 is 1.95 bits per heavy atom. The van der Waals surface area contributed by atoms with Gasteiger partial charge < -0.3 is 10.4 Å². The third kappa shape index (κ3) is 2.57. The molecule has 2 aromatic heterocycles. The van der Waals surface area contributed by atoms with Gasteiger partial charge >= 0.3 is 5.97 Å². The molecular weight excluding hydrogens is 244 g/mol. The molecule has 0 fully saturated rings. The van der Waals surface area contributed by atoms with Gasteiger partial charge in [-0.25, -0.2) is 4.79 Å². The predicted octanol–water partition coefficient (Wildman–Crippen LogP) is 2.18. The number of nitrogens with zero attached hydrogens (tertiary/aromatic N) is 3. The van der Waals surface area contributed by atoms with Crippen LogP contribution >= 0.6 is 0 Å². The third-order valence-corrected chi connectivity index (χ3v) is 2.83. The minimum absolute atomic E-state index is 0.189. The van der Waals surface area contributed by atoms with Crippen molar-refractivity contribution in [3.63, 3.8) is 0 Å². The topological polar surface area (TPSA) is 80.0 Å². The highest BCUT2D eigenvalue weighted by Gasteiger charge is 2.16. The molecule has 0 aliphatic carbocycles. The molecule has 2 N–H and O–H groups in total. The summed E-state index contributed by atoms with van der Waals surface area (Å²) in [6.45, 7) is 5.39. The van der Waals surface area contributed by atoms with E-state index in [1.807, 2.05) is 27.1 Å². The van der Waals surface area contributed by atoms with Crippen LogP contribution in [0, 0.1) is 20.8 Å². The Labute approximate surface area is 111 Å². The van der Waals surface area contributed by atoms with E-state index >= 15 is 0 Å². The normalized spacial score (nSPS) is 10.5. The van der Waals surface area contributed by atoms with Crippen LogP contribution in [0.25, 0.3) is 0 Å². The Morgan fingerprint density at radius 1 is 1.26 bits per heavy atom. The highest BCUT2D eigenvalue weighted by atomic mass is 16.4. The maximum Gasteiger partial charge on any atom is 0.339 e. The number of aryl methyl sites for hydroxylation is 4. The maximum absolute atomic E-state index is 11.3. The van der Waals surface area contributed by atoms with Crippen LogP contribution in [0.4, 0.5) is 11.4 Å². The van der Waals surface area contributed by atoms with E-state index in [1.54, 1.807) is 17.7 Å². The highest BCUT2D eigenvalue weighted by molar-refractivity contribution is 5.96. The van der Waals surface area contributed by atoms with Crippen LogP contribution < -0.4 is 5.32 Å². The largest absolute Gasteiger partial charge is 0.478 e. The van der Waals surface area contributed by atoms with Crippen molar-refractivity contribution >= 4 is 17.3 Å². The number of aromatic carboxylic acids is 1. The molecule has 0 saturated carbocycles. The number of carbonyl (C=O) groups is 1. The standard InChI is InChI=1S/C13H16N4O2/c1-7-5-10(12(13(18)19)9(3)14-7)15-11-6-17(4)16-8(11)2/h5-6H,1-4H3,(H,14,15)(H,18,19). The predicted molar refractivity (Wildman–Crippen MR) is 71.9 cm³/mol. The molecule has 2 rings (SSSR count). The molecule has 0 bridgehead atoms. The van der Waals surface area contributed by atoms with Crippen molar-refractivity contribution in [1.29, 1.82) is 0 Å². The quantitative estimate of drug-likeness (QED) is 0.884. The Kier molecular flexibility index (Phi) is 3.25. The van der Waals surface area contributed by atoms with Crippen molar-refractivity contribution in [2.75, 3.05) is 5.32 Å². The van der Waals surface area contributed by atoms with Crippen molar-refractivity contribution in [2.24, 2.45) is 7.05 Å². The summed E-state index contributed by atoms with van der Waals surface area (Å²) in [6, 6.07) is 1.73. The van der Waals surface area contributed by atoms with Crippen LogP contribution in [0.2, 0.25) is 0 Å². The Hall–Kier alpha value is -2.37. The molecule has 2 heterocycles. The Bertz CT molecular complexity index is 646. The second-order valence-electron chi connectivity index (χ2n) is 4.50. The van der Waals surface area contributed by atoms with E-state index < -0.39 is 5.97 Å². The average Bonchev–Trinajstić information content (AvgIpc) is 2.55. The zero-order chi connectivity index (χ0) is 14.2. The summed E-state index contributed by atoms with van der Waals surface area (Å²) < 4.78 is 1.68. The Morgan fingerprint density at radius 3 is 2.47 bits per heavy atom. The fourth-order valence-corrected chi connectivity index (χ4v) is 2.06. The van der Waals surface area contributed by atoms with Gasteiger partial charge in [0.1, 0.15) is 5.56 Å². The van der Waals surface area contributed by atoms with Crippen molar-refractivity contribution in [3.8, 4) is 0 Å². The second kappa shape index (κ2) is 4.72. The van der Waals surface area contributed by atoms with Gasteiger partial charge in [-0.15, -0.1) is 0 Å². The molecule has 0 amide bonds. The highest BCUT2D eigenvalue weighted by Crippen LogP contribution is 2.25. The first-order valence-electron chi connectivity index (χ1n) is 5.87. The monoisotopic (exact) mass is 260 g/mol. The fraction of sp³-hybridized carbons (Fsp3) is 0.308. The number of carboxylic acid groups (broad SMARTS) is 1. The molecule has 100 valence electrons. The number of hydrogen-bond donors (Lipinski definition) is 2. The van der Waals surface area contributed by atoms with E-state index in [4.69, 9.17) is 0 Å². The molecule has 2 aromatic rings. The molecule has 0 atom stereocenters. The zero-order valence-corrected chi connectivity index (χ0v) is 11.4. The van der Waals surface area contributed by atoms with Gasteiger partial charge in [0.05, 0.1) is 22.8 Å². The molecule has 19 heavy (non-hydrogen) atoms. The van der Waals surface area contributed by atoms with Crippen molar-refractivity contribution in [2.45, 2.75) is 20.8 Å². The molecule has 0 unspecified atom stereocenters. The van der Waals surface area contributed by atoms with Crippen molar-refractivity contribution < 1.29 is 9.90 Å². The van der Waals surface area contributed by atoms with E-state index in [0.29, 0.717) is 11.4 Å². The van der Waals surface area contributed by atoms with Gasteiger partial charge in [-0.2, -0.15) is 5.10 Å². The first-order valence-corrected chi connectivity index (χ1v) is 5.87. The summed E-state index contributed by atoms with van der Waals surface area (Å²) in [5.41, 5.74) is 3.59. The summed E-state index contributed by atoms with van der Waals surface area (Å²) in [6.07, 6.45) is 1.81. The van der Waals surface area contributed by atoms with Gasteiger partial charge in [-0.3, -0.25) is 9.67 Å². The lowest BCUT2D eigenvalue weighted by Gasteiger charge is -2.11. The lowest BCUT2D eigenvalue weighted by atomic mass is 10.1. The van der Waals surface area contributed by atoms with Crippen LogP contribution in [0.5, 0.6) is 0 Å². The van der Waals surface area contributed by atoms with Crippen molar-refractivity contribution in [1.82, 2.24) is 14.8 Å². The first-order chi connectivity index (χ1) is 8.88. The van der Waals surface area contributed by atoms with E-state index in [9.17, 15) is 9.90 Å². The minimum Gasteiger partial charge on any atom is -0.478 e. The SMILES string of the molecule is Cc1cc(Nc2cn(C)nc2C)c(C(=O)O)c(C)n1. The van der Waals surface area contributed by atoms with Gasteiger partial charge in [0.2, 0.25) is 0 Å². The molecule has 6 heteroatoms. The molecule has 0 aliphatic heterocycles. The molecule has 0 spiro atoms. The van der Waals surface area contributed by atoms with E-state index in [1.165, 1.54) is 0 Å². The van der Waals surface area contributed by atoms with E-state index in [2.05, 4.69) is 15.4 Å². The molecular formula is C13H16N4O2. The van der Waals surface area contributed by atoms with Gasteiger partial charge in [0.15, 0.2) is 0 Å². The van der Waals surface area contributed by atoms with Gasteiger partial charge in [-0.1, -0.05) is 0 Å². The van der Waals surface area contributed by atoms with Crippen LogP contribution in [-0.2, 0) is 7.05 Å². The number of aromatic nitrogens is 3. The number of carboxylic acids is 1. The lowest BCUT2D eigenvalue weighted by molar-refractivity contribution is 0.0696. The lowest BCUT2D eigenvalue weighted by Crippen LogP contribution is -2.08. The Balaban J connectivity index is 2.50. The third-order valence-electron chi connectivity index (χ3n) is 2.83. The molecule has 0 aliphatic rings. The van der Waals surface area contributed by atoms with Gasteiger partial charge in [0.25, 0.3) is 0 Å². The summed E-state index contributed by atoms with van der Waals surface area (Å²) in [5, 5.41) is 16.6. The van der Waals surface area contributed by atoms with E-state index in [0.717, 1.165) is 17.1 Å².